The van der Waals surface area contributed by atoms with Gasteiger partial charge in [0, 0.05) is 12.6 Å². The Morgan fingerprint density at radius 2 is 2.24 bits per heavy atom. The maximum absolute atomic E-state index is 11.8. The van der Waals surface area contributed by atoms with Crippen LogP contribution in [-0.4, -0.2) is 49.6 Å². The minimum Gasteiger partial charge on any atom is -0.353 e. The van der Waals surface area contributed by atoms with E-state index in [4.69, 9.17) is 0 Å². The van der Waals surface area contributed by atoms with Crippen LogP contribution in [0.25, 0.3) is 0 Å². The highest BCUT2D eigenvalue weighted by molar-refractivity contribution is 5.78. The highest BCUT2D eigenvalue weighted by Crippen LogP contribution is 2.26. The normalized spacial score (nSPS) is 30.9. The molecule has 0 bridgehead atoms. The van der Waals surface area contributed by atoms with E-state index in [1.807, 2.05) is 0 Å². The number of carbonyl (C=O) groups excluding carboxylic acids is 1. The zero-order chi connectivity index (χ0) is 12.3. The standard InChI is InChI=1S/C13H25N3O/c1-3-10(2)15-13(17)9-16-5-4-11-6-14-7-12(11)8-16/h10-12,14H,3-9H2,1-2H3,(H,15,17). The number of nitrogens with zero attached hydrogens (tertiary/aromatic N) is 1. The van der Waals surface area contributed by atoms with Gasteiger partial charge in [0.1, 0.15) is 0 Å². The van der Waals surface area contributed by atoms with Crippen molar-refractivity contribution in [1.29, 1.82) is 0 Å². The molecule has 0 aromatic rings. The van der Waals surface area contributed by atoms with Gasteiger partial charge in [-0.15, -0.1) is 0 Å². The highest BCUT2D eigenvalue weighted by atomic mass is 16.2. The first-order valence-corrected chi connectivity index (χ1v) is 6.91. The largest absolute Gasteiger partial charge is 0.353 e. The average molecular weight is 239 g/mol. The van der Waals surface area contributed by atoms with Crippen LogP contribution in [0.3, 0.4) is 0 Å². The van der Waals surface area contributed by atoms with Crippen LogP contribution in [0, 0.1) is 11.8 Å². The Labute approximate surface area is 104 Å². The van der Waals surface area contributed by atoms with Crippen LogP contribution in [0.15, 0.2) is 0 Å². The molecule has 2 aliphatic rings. The third-order valence-electron chi connectivity index (χ3n) is 4.18. The number of amides is 1. The monoisotopic (exact) mass is 239 g/mol. The van der Waals surface area contributed by atoms with Gasteiger partial charge < -0.3 is 10.6 Å². The van der Waals surface area contributed by atoms with E-state index in [-0.39, 0.29) is 5.91 Å². The van der Waals surface area contributed by atoms with Gasteiger partial charge in [0.05, 0.1) is 6.54 Å². The summed E-state index contributed by atoms with van der Waals surface area (Å²) in [5.41, 5.74) is 0. The maximum atomic E-state index is 11.8. The predicted octanol–water partition coefficient (Wildman–Crippen LogP) is 0.442. The molecule has 2 N–H and O–H groups in total. The minimum atomic E-state index is 0.184. The summed E-state index contributed by atoms with van der Waals surface area (Å²) < 4.78 is 0. The SMILES string of the molecule is CCC(C)NC(=O)CN1CCC2CNCC2C1. The van der Waals surface area contributed by atoms with Crippen LogP contribution in [0.5, 0.6) is 0 Å². The molecule has 2 rings (SSSR count). The van der Waals surface area contributed by atoms with E-state index in [9.17, 15) is 4.79 Å². The molecule has 17 heavy (non-hydrogen) atoms. The van der Waals surface area contributed by atoms with Crippen LogP contribution >= 0.6 is 0 Å². The van der Waals surface area contributed by atoms with Crippen LogP contribution in [-0.2, 0) is 4.79 Å². The molecular weight excluding hydrogens is 214 g/mol. The Morgan fingerprint density at radius 1 is 1.47 bits per heavy atom. The second-order valence-electron chi connectivity index (χ2n) is 5.58. The number of carbonyl (C=O) groups is 1. The second-order valence-corrected chi connectivity index (χ2v) is 5.58. The number of fused-ring (bicyclic) bond motifs is 1. The molecule has 2 aliphatic heterocycles. The summed E-state index contributed by atoms with van der Waals surface area (Å²) in [6, 6.07) is 0.299. The fraction of sp³-hybridized carbons (Fsp3) is 0.923. The molecule has 0 aliphatic carbocycles. The van der Waals surface area contributed by atoms with Crippen molar-refractivity contribution in [2.24, 2.45) is 11.8 Å². The Hall–Kier alpha value is -0.610. The Morgan fingerprint density at radius 3 is 3.00 bits per heavy atom. The van der Waals surface area contributed by atoms with Gasteiger partial charge in [-0.25, -0.2) is 0 Å². The van der Waals surface area contributed by atoms with Gasteiger partial charge in [-0.2, -0.15) is 0 Å². The van der Waals surface area contributed by atoms with E-state index in [1.54, 1.807) is 0 Å². The van der Waals surface area contributed by atoms with Crippen molar-refractivity contribution >= 4 is 5.91 Å². The number of piperidine rings is 1. The summed E-state index contributed by atoms with van der Waals surface area (Å²) in [6.45, 7) is 9.22. The van der Waals surface area contributed by atoms with Crippen LogP contribution in [0.1, 0.15) is 26.7 Å². The fourth-order valence-corrected chi connectivity index (χ4v) is 2.88. The van der Waals surface area contributed by atoms with Crippen molar-refractivity contribution in [3.05, 3.63) is 0 Å². The van der Waals surface area contributed by atoms with Gasteiger partial charge in [0.15, 0.2) is 0 Å². The molecule has 4 heteroatoms. The van der Waals surface area contributed by atoms with E-state index in [0.717, 1.165) is 37.9 Å². The van der Waals surface area contributed by atoms with Gasteiger partial charge in [0.25, 0.3) is 0 Å². The number of likely N-dealkylation sites (tertiary alicyclic amines) is 1. The molecule has 0 saturated carbocycles. The molecule has 2 fully saturated rings. The first-order chi connectivity index (χ1) is 8.19. The predicted molar refractivity (Wildman–Crippen MR) is 68.8 cm³/mol. The van der Waals surface area contributed by atoms with E-state index in [1.165, 1.54) is 13.0 Å². The number of nitrogens with one attached hydrogen (secondary N) is 2. The molecule has 3 atom stereocenters. The maximum Gasteiger partial charge on any atom is 0.234 e. The number of hydrogen-bond donors (Lipinski definition) is 2. The van der Waals surface area contributed by atoms with Gasteiger partial charge in [-0.3, -0.25) is 9.69 Å². The van der Waals surface area contributed by atoms with E-state index >= 15 is 0 Å². The molecule has 3 unspecified atom stereocenters. The highest BCUT2D eigenvalue weighted by Gasteiger charge is 2.33. The molecule has 0 spiro atoms. The van der Waals surface area contributed by atoms with Crippen LogP contribution < -0.4 is 10.6 Å². The molecular formula is C13H25N3O. The topological polar surface area (TPSA) is 44.4 Å². The summed E-state index contributed by atoms with van der Waals surface area (Å²) in [7, 11) is 0. The lowest BCUT2D eigenvalue weighted by Crippen LogP contribution is -2.46. The minimum absolute atomic E-state index is 0.184. The summed E-state index contributed by atoms with van der Waals surface area (Å²) in [5, 5.41) is 6.49. The molecule has 98 valence electrons. The van der Waals surface area contributed by atoms with E-state index in [2.05, 4.69) is 29.4 Å². The zero-order valence-electron chi connectivity index (χ0n) is 11.0. The van der Waals surface area contributed by atoms with Gasteiger partial charge >= 0.3 is 0 Å². The van der Waals surface area contributed by atoms with Gasteiger partial charge in [0.2, 0.25) is 5.91 Å². The van der Waals surface area contributed by atoms with Crippen molar-refractivity contribution < 1.29 is 4.79 Å². The Bertz CT molecular complexity index is 269. The molecule has 2 heterocycles. The molecule has 0 aromatic heterocycles. The molecule has 0 aromatic carbocycles. The number of hydrogen-bond acceptors (Lipinski definition) is 3. The summed E-state index contributed by atoms with van der Waals surface area (Å²) in [4.78, 5) is 14.1. The van der Waals surface area contributed by atoms with E-state index < -0.39 is 0 Å². The van der Waals surface area contributed by atoms with Crippen LogP contribution in [0.2, 0.25) is 0 Å². The Kier molecular flexibility index (Phi) is 4.40. The smallest absolute Gasteiger partial charge is 0.234 e. The van der Waals surface area contributed by atoms with Gasteiger partial charge in [-0.1, -0.05) is 6.92 Å². The Balaban J connectivity index is 1.74. The average Bonchev–Trinajstić information content (AvgIpc) is 2.75. The fourth-order valence-electron chi connectivity index (χ4n) is 2.88. The molecule has 0 radical (unpaired) electrons. The van der Waals surface area contributed by atoms with Crippen molar-refractivity contribution in [2.45, 2.75) is 32.7 Å². The summed E-state index contributed by atoms with van der Waals surface area (Å²) in [6.07, 6.45) is 2.24. The molecule has 2 saturated heterocycles. The first kappa shape index (κ1) is 12.8. The lowest BCUT2D eigenvalue weighted by Gasteiger charge is -2.34. The van der Waals surface area contributed by atoms with Crippen molar-refractivity contribution in [3.63, 3.8) is 0 Å². The third kappa shape index (κ3) is 3.42. The van der Waals surface area contributed by atoms with Gasteiger partial charge in [-0.05, 0) is 51.2 Å². The second kappa shape index (κ2) is 5.83. The molecule has 4 nitrogen and oxygen atoms in total. The van der Waals surface area contributed by atoms with Crippen molar-refractivity contribution in [3.8, 4) is 0 Å². The number of rotatable bonds is 4. The van der Waals surface area contributed by atoms with Crippen molar-refractivity contribution in [2.75, 3.05) is 32.7 Å². The zero-order valence-corrected chi connectivity index (χ0v) is 11.0. The third-order valence-corrected chi connectivity index (χ3v) is 4.18. The first-order valence-electron chi connectivity index (χ1n) is 6.91. The molecule has 1 amide bonds. The lowest BCUT2D eigenvalue weighted by atomic mass is 9.89. The van der Waals surface area contributed by atoms with E-state index in [0.29, 0.717) is 12.6 Å². The lowest BCUT2D eigenvalue weighted by molar-refractivity contribution is -0.123. The van der Waals surface area contributed by atoms with Crippen molar-refractivity contribution in [1.82, 2.24) is 15.5 Å². The van der Waals surface area contributed by atoms with Crippen LogP contribution in [0.4, 0.5) is 0 Å². The summed E-state index contributed by atoms with van der Waals surface area (Å²) >= 11 is 0. The quantitative estimate of drug-likeness (QED) is 0.748. The summed E-state index contributed by atoms with van der Waals surface area (Å²) in [5.74, 6) is 1.80.